The van der Waals surface area contributed by atoms with Crippen molar-refractivity contribution in [3.05, 3.63) is 0 Å². The lowest BCUT2D eigenvalue weighted by atomic mass is 9.79. The van der Waals surface area contributed by atoms with Crippen LogP contribution in [0.2, 0.25) is 0 Å². The zero-order valence-electron chi connectivity index (χ0n) is 13.4. The third kappa shape index (κ3) is 6.17. The fraction of sp³-hybridized carbons (Fsp3) is 1.00. The topological polar surface area (TPSA) is 36.1 Å². The summed E-state index contributed by atoms with van der Waals surface area (Å²) in [6, 6.07) is 0.623. The maximum Gasteiger partial charge on any atom is 0.0144 e. The minimum Gasteiger partial charge on any atom is -0.313 e. The van der Waals surface area contributed by atoms with Gasteiger partial charge in [0.1, 0.15) is 0 Å². The molecule has 0 aromatic carbocycles. The third-order valence-corrected chi connectivity index (χ3v) is 3.40. The van der Waals surface area contributed by atoms with Gasteiger partial charge in [-0.05, 0) is 61.3 Å². The quantitative estimate of drug-likeness (QED) is 0.675. The molecule has 3 heteroatoms. The number of rotatable bonds is 4. The molecular weight excluding hydrogens is 222 g/mol. The minimum atomic E-state index is 0.217. The predicted molar refractivity (Wildman–Crippen MR) is 80.1 cm³/mol. The van der Waals surface area contributed by atoms with Crippen LogP contribution in [-0.2, 0) is 0 Å². The summed E-state index contributed by atoms with van der Waals surface area (Å²) in [5, 5.41) is 10.9. The molecule has 1 aliphatic heterocycles. The first-order valence-corrected chi connectivity index (χ1v) is 7.27. The molecule has 0 spiro atoms. The molecule has 3 N–H and O–H groups in total. The number of hydrogen-bond acceptors (Lipinski definition) is 3. The molecule has 108 valence electrons. The van der Waals surface area contributed by atoms with Gasteiger partial charge >= 0.3 is 0 Å². The SMILES string of the molecule is CC(C)(C)NCCNC1CC(C)(C)NC(C)(C)C1. The van der Waals surface area contributed by atoms with Crippen molar-refractivity contribution in [2.45, 2.75) is 84.0 Å². The van der Waals surface area contributed by atoms with E-state index in [2.05, 4.69) is 64.4 Å². The summed E-state index contributed by atoms with van der Waals surface area (Å²) in [6.07, 6.45) is 2.40. The molecule has 18 heavy (non-hydrogen) atoms. The molecule has 0 radical (unpaired) electrons. The van der Waals surface area contributed by atoms with Crippen molar-refractivity contribution in [3.63, 3.8) is 0 Å². The molecule has 0 amide bonds. The molecule has 0 aliphatic carbocycles. The van der Waals surface area contributed by atoms with Crippen molar-refractivity contribution in [2.75, 3.05) is 13.1 Å². The van der Waals surface area contributed by atoms with Crippen molar-refractivity contribution in [3.8, 4) is 0 Å². The predicted octanol–water partition coefficient (Wildman–Crippen LogP) is 2.27. The van der Waals surface area contributed by atoms with Gasteiger partial charge in [-0.3, -0.25) is 0 Å². The van der Waals surface area contributed by atoms with Crippen LogP contribution in [0.3, 0.4) is 0 Å². The fourth-order valence-corrected chi connectivity index (χ4v) is 3.18. The minimum absolute atomic E-state index is 0.217. The van der Waals surface area contributed by atoms with Crippen LogP contribution in [0.5, 0.6) is 0 Å². The van der Waals surface area contributed by atoms with Gasteiger partial charge in [0.2, 0.25) is 0 Å². The lowest BCUT2D eigenvalue weighted by Crippen LogP contribution is -2.62. The second kappa shape index (κ2) is 5.48. The first kappa shape index (κ1) is 15.9. The van der Waals surface area contributed by atoms with Crippen LogP contribution in [0.15, 0.2) is 0 Å². The van der Waals surface area contributed by atoms with E-state index in [0.29, 0.717) is 6.04 Å². The van der Waals surface area contributed by atoms with Gasteiger partial charge in [0.25, 0.3) is 0 Å². The molecule has 0 bridgehead atoms. The van der Waals surface area contributed by atoms with E-state index in [9.17, 15) is 0 Å². The lowest BCUT2D eigenvalue weighted by molar-refractivity contribution is 0.146. The Morgan fingerprint density at radius 1 is 1.00 bits per heavy atom. The largest absolute Gasteiger partial charge is 0.313 e. The number of hydrogen-bond donors (Lipinski definition) is 3. The summed E-state index contributed by atoms with van der Waals surface area (Å²) in [4.78, 5) is 0. The highest BCUT2D eigenvalue weighted by Crippen LogP contribution is 2.28. The summed E-state index contributed by atoms with van der Waals surface area (Å²) < 4.78 is 0. The summed E-state index contributed by atoms with van der Waals surface area (Å²) in [6.45, 7) is 17.9. The summed E-state index contributed by atoms with van der Waals surface area (Å²) in [5.41, 5.74) is 0.683. The van der Waals surface area contributed by atoms with Gasteiger partial charge in [0.05, 0.1) is 0 Å². The maximum atomic E-state index is 3.72. The Labute approximate surface area is 113 Å². The molecular formula is C15H33N3. The summed E-state index contributed by atoms with van der Waals surface area (Å²) in [7, 11) is 0. The fourth-order valence-electron chi connectivity index (χ4n) is 3.18. The smallest absolute Gasteiger partial charge is 0.0144 e. The van der Waals surface area contributed by atoms with Crippen LogP contribution >= 0.6 is 0 Å². The molecule has 1 saturated heterocycles. The van der Waals surface area contributed by atoms with Crippen LogP contribution in [0.25, 0.3) is 0 Å². The van der Waals surface area contributed by atoms with Crippen LogP contribution in [0, 0.1) is 0 Å². The van der Waals surface area contributed by atoms with E-state index < -0.39 is 0 Å². The first-order valence-electron chi connectivity index (χ1n) is 7.27. The second-order valence-corrected chi connectivity index (χ2v) is 8.13. The third-order valence-electron chi connectivity index (χ3n) is 3.40. The van der Waals surface area contributed by atoms with E-state index in [1.165, 1.54) is 12.8 Å². The summed E-state index contributed by atoms with van der Waals surface area (Å²) >= 11 is 0. The van der Waals surface area contributed by atoms with Crippen molar-refractivity contribution in [1.29, 1.82) is 0 Å². The zero-order valence-corrected chi connectivity index (χ0v) is 13.4. The Morgan fingerprint density at radius 3 is 1.94 bits per heavy atom. The molecule has 3 nitrogen and oxygen atoms in total. The first-order chi connectivity index (χ1) is 7.99. The lowest BCUT2D eigenvalue weighted by Gasteiger charge is -2.46. The van der Waals surface area contributed by atoms with Gasteiger partial charge in [-0.15, -0.1) is 0 Å². The molecule has 1 fully saturated rings. The Bertz CT molecular complexity index is 247. The Morgan fingerprint density at radius 2 is 1.50 bits per heavy atom. The normalized spacial score (nSPS) is 24.2. The maximum absolute atomic E-state index is 3.72. The number of piperidine rings is 1. The second-order valence-electron chi connectivity index (χ2n) is 8.13. The summed E-state index contributed by atoms with van der Waals surface area (Å²) in [5.74, 6) is 0. The van der Waals surface area contributed by atoms with Crippen LogP contribution in [0.1, 0.15) is 61.3 Å². The van der Waals surface area contributed by atoms with Crippen molar-refractivity contribution < 1.29 is 0 Å². The van der Waals surface area contributed by atoms with Gasteiger partial charge in [0.15, 0.2) is 0 Å². The van der Waals surface area contributed by atoms with Crippen molar-refractivity contribution >= 4 is 0 Å². The van der Waals surface area contributed by atoms with E-state index in [1.54, 1.807) is 0 Å². The zero-order chi connectivity index (χ0) is 14.0. The van der Waals surface area contributed by atoms with Gasteiger partial charge in [0, 0.05) is 35.7 Å². The van der Waals surface area contributed by atoms with Gasteiger partial charge in [-0.25, -0.2) is 0 Å². The van der Waals surface area contributed by atoms with Gasteiger partial charge in [-0.1, -0.05) is 0 Å². The number of nitrogens with one attached hydrogen (secondary N) is 3. The van der Waals surface area contributed by atoms with Crippen molar-refractivity contribution in [1.82, 2.24) is 16.0 Å². The van der Waals surface area contributed by atoms with E-state index in [-0.39, 0.29) is 16.6 Å². The average molecular weight is 255 g/mol. The molecule has 1 aliphatic rings. The average Bonchev–Trinajstić information content (AvgIpc) is 2.05. The van der Waals surface area contributed by atoms with E-state index in [1.807, 2.05) is 0 Å². The van der Waals surface area contributed by atoms with Crippen molar-refractivity contribution in [2.24, 2.45) is 0 Å². The standard InChI is InChI=1S/C15H33N3/c1-13(2,3)17-9-8-16-12-10-14(4,5)18-15(6,7)11-12/h12,16-18H,8-11H2,1-7H3. The Hall–Kier alpha value is -0.120. The van der Waals surface area contributed by atoms with Gasteiger partial charge < -0.3 is 16.0 Å². The molecule has 1 rings (SSSR count). The van der Waals surface area contributed by atoms with E-state index in [0.717, 1.165) is 13.1 Å². The van der Waals surface area contributed by atoms with Gasteiger partial charge in [-0.2, -0.15) is 0 Å². The molecule has 0 aromatic heterocycles. The molecule has 1 heterocycles. The molecule has 0 aromatic rings. The van der Waals surface area contributed by atoms with Crippen LogP contribution in [-0.4, -0.2) is 35.7 Å². The van der Waals surface area contributed by atoms with Crippen LogP contribution in [0.4, 0.5) is 0 Å². The highest BCUT2D eigenvalue weighted by molar-refractivity contribution is 4.99. The highest BCUT2D eigenvalue weighted by atomic mass is 15.1. The molecule has 0 unspecified atom stereocenters. The van der Waals surface area contributed by atoms with E-state index in [4.69, 9.17) is 0 Å². The van der Waals surface area contributed by atoms with E-state index >= 15 is 0 Å². The Balaban J connectivity index is 2.34. The highest BCUT2D eigenvalue weighted by Gasteiger charge is 2.37. The Kier molecular flexibility index (Phi) is 4.85. The molecule has 0 saturated carbocycles. The van der Waals surface area contributed by atoms with Crippen LogP contribution < -0.4 is 16.0 Å². The monoisotopic (exact) mass is 255 g/mol. The molecule has 0 atom stereocenters.